The molecule has 0 aromatic rings. The zero-order valence-corrected chi connectivity index (χ0v) is 9.97. The van der Waals surface area contributed by atoms with E-state index in [2.05, 4.69) is 6.29 Å². The molecule has 1 nitrogen and oxygen atoms in total. The van der Waals surface area contributed by atoms with Crippen LogP contribution in [0.1, 0.15) is 77.0 Å². The Labute approximate surface area is 94.6 Å². The fourth-order valence-corrected chi connectivity index (χ4v) is 2.46. The maximum Gasteiger partial charge on any atom is 0.201 e. The molecule has 1 rings (SSSR count). The Balaban J connectivity index is 2.20. The predicted molar refractivity (Wildman–Crippen MR) is 64.6 cm³/mol. The van der Waals surface area contributed by atoms with E-state index in [4.69, 9.17) is 0 Å². The first-order chi connectivity index (χ1) is 7.43. The molecule has 15 heavy (non-hydrogen) atoms. The van der Waals surface area contributed by atoms with Gasteiger partial charge < -0.3 is 0 Å². The van der Waals surface area contributed by atoms with Gasteiger partial charge in [0.1, 0.15) is 0 Å². The zero-order valence-electron chi connectivity index (χ0n) is 9.97. The van der Waals surface area contributed by atoms with Gasteiger partial charge in [-0.15, -0.1) is 0 Å². The van der Waals surface area contributed by atoms with Gasteiger partial charge in [0.05, 0.1) is 0 Å². The van der Waals surface area contributed by atoms with E-state index in [1.165, 1.54) is 64.2 Å². The van der Waals surface area contributed by atoms with Gasteiger partial charge in [-0.3, -0.25) is 4.79 Å². The zero-order chi connectivity index (χ0) is 10.8. The smallest absolute Gasteiger partial charge is 0.201 e. The summed E-state index contributed by atoms with van der Waals surface area (Å²) in [7, 11) is 0. The molecule has 0 bridgehead atoms. The quantitative estimate of drug-likeness (QED) is 0.625. The van der Waals surface area contributed by atoms with Gasteiger partial charge >= 0.3 is 0 Å². The highest BCUT2D eigenvalue weighted by Crippen LogP contribution is 2.19. The van der Waals surface area contributed by atoms with Gasteiger partial charge in [-0.05, 0) is 12.8 Å². The Morgan fingerprint density at radius 2 is 0.933 bits per heavy atom. The van der Waals surface area contributed by atoms with Crippen LogP contribution in [0.2, 0.25) is 0 Å². The van der Waals surface area contributed by atoms with Crippen molar-refractivity contribution < 1.29 is 4.79 Å². The lowest BCUT2D eigenvalue weighted by Crippen LogP contribution is -2.01. The Morgan fingerprint density at radius 3 is 1.27 bits per heavy atom. The highest BCUT2D eigenvalue weighted by Gasteiger charge is 2.08. The van der Waals surface area contributed by atoms with E-state index in [1.807, 2.05) is 0 Å². The minimum Gasteiger partial charge on any atom is -0.291 e. The average molecular weight is 209 g/mol. The van der Waals surface area contributed by atoms with Crippen molar-refractivity contribution in [1.29, 1.82) is 0 Å². The first kappa shape index (κ1) is 12.7. The molecule has 0 spiro atoms. The summed E-state index contributed by atoms with van der Waals surface area (Å²) in [6, 6.07) is 0. The summed E-state index contributed by atoms with van der Waals surface area (Å²) in [6.45, 7) is 0. The Bertz CT molecular complexity index is 139. The van der Waals surface area contributed by atoms with Crippen LogP contribution in [0, 0.1) is 5.92 Å². The summed E-state index contributed by atoms with van der Waals surface area (Å²) in [5.41, 5.74) is 0. The average Bonchev–Trinajstić information content (AvgIpc) is 2.29. The van der Waals surface area contributed by atoms with Crippen LogP contribution >= 0.6 is 0 Å². The second-order valence-corrected chi connectivity index (χ2v) is 4.93. The number of hydrogen-bond acceptors (Lipinski definition) is 1. The molecule has 0 atom stereocenters. The van der Waals surface area contributed by atoms with Crippen molar-refractivity contribution in [1.82, 2.24) is 0 Å². The standard InChI is InChI=1S/C14H25O/c15-13-14-11-9-7-5-3-1-2-4-6-8-10-12-14/h14H,1-12H2. The highest BCUT2D eigenvalue weighted by molar-refractivity contribution is 5.54. The molecule has 1 fully saturated rings. The fourth-order valence-electron chi connectivity index (χ4n) is 2.46. The van der Waals surface area contributed by atoms with E-state index < -0.39 is 0 Å². The summed E-state index contributed by atoms with van der Waals surface area (Å²) >= 11 is 0. The van der Waals surface area contributed by atoms with Gasteiger partial charge in [0, 0.05) is 5.92 Å². The molecule has 0 saturated heterocycles. The number of hydrogen-bond donors (Lipinski definition) is 0. The Hall–Kier alpha value is -0.330. The SMILES string of the molecule is O=[C]C1CCCCCCCCCCCC1. The summed E-state index contributed by atoms with van der Waals surface area (Å²) in [6.07, 6.45) is 17.9. The lowest BCUT2D eigenvalue weighted by atomic mass is 9.96. The molecule has 0 aromatic heterocycles. The third kappa shape index (κ3) is 6.70. The van der Waals surface area contributed by atoms with Crippen LogP contribution in [-0.2, 0) is 4.79 Å². The van der Waals surface area contributed by atoms with Gasteiger partial charge in [0.15, 0.2) is 0 Å². The molecule has 1 saturated carbocycles. The first-order valence-electron chi connectivity index (χ1n) is 6.81. The second-order valence-electron chi connectivity index (χ2n) is 4.93. The molecular weight excluding hydrogens is 184 g/mol. The molecule has 1 aliphatic rings. The van der Waals surface area contributed by atoms with Crippen LogP contribution in [0.5, 0.6) is 0 Å². The molecule has 0 N–H and O–H groups in total. The molecule has 0 aromatic carbocycles. The third-order valence-corrected chi connectivity index (χ3v) is 3.52. The summed E-state index contributed by atoms with van der Waals surface area (Å²) < 4.78 is 0. The number of rotatable bonds is 1. The molecule has 87 valence electrons. The van der Waals surface area contributed by atoms with Gasteiger partial charge in [0.2, 0.25) is 6.29 Å². The largest absolute Gasteiger partial charge is 0.291 e. The molecule has 0 heterocycles. The van der Waals surface area contributed by atoms with E-state index in [0.717, 1.165) is 12.8 Å². The number of carbonyl (C=O) groups excluding carboxylic acids is 1. The van der Waals surface area contributed by atoms with Crippen molar-refractivity contribution in [3.8, 4) is 0 Å². The summed E-state index contributed by atoms with van der Waals surface area (Å²) in [4.78, 5) is 10.7. The van der Waals surface area contributed by atoms with E-state index in [9.17, 15) is 4.79 Å². The molecule has 1 heteroatoms. The van der Waals surface area contributed by atoms with Crippen molar-refractivity contribution in [2.24, 2.45) is 5.92 Å². The van der Waals surface area contributed by atoms with Gasteiger partial charge in [-0.1, -0.05) is 64.2 Å². The van der Waals surface area contributed by atoms with Crippen LogP contribution in [0.4, 0.5) is 0 Å². The maximum atomic E-state index is 10.7. The van der Waals surface area contributed by atoms with E-state index in [-0.39, 0.29) is 5.92 Å². The third-order valence-electron chi connectivity index (χ3n) is 3.52. The maximum absolute atomic E-state index is 10.7. The van der Waals surface area contributed by atoms with Gasteiger partial charge in [0.25, 0.3) is 0 Å². The van der Waals surface area contributed by atoms with E-state index in [1.54, 1.807) is 0 Å². The van der Waals surface area contributed by atoms with E-state index in [0.29, 0.717) is 0 Å². The van der Waals surface area contributed by atoms with Crippen molar-refractivity contribution in [2.75, 3.05) is 0 Å². The Morgan fingerprint density at radius 1 is 0.600 bits per heavy atom. The fraction of sp³-hybridized carbons (Fsp3) is 0.929. The van der Waals surface area contributed by atoms with Gasteiger partial charge in [-0.25, -0.2) is 0 Å². The summed E-state index contributed by atoms with van der Waals surface area (Å²) in [5.74, 6) is 0.241. The lowest BCUT2D eigenvalue weighted by molar-refractivity contribution is 0.457. The Kier molecular flexibility index (Phi) is 7.59. The molecule has 0 aliphatic heterocycles. The highest BCUT2D eigenvalue weighted by atomic mass is 16.1. The summed E-state index contributed by atoms with van der Waals surface area (Å²) in [5, 5.41) is 0. The van der Waals surface area contributed by atoms with Crippen LogP contribution in [0.25, 0.3) is 0 Å². The van der Waals surface area contributed by atoms with Crippen molar-refractivity contribution in [3.05, 3.63) is 0 Å². The second kappa shape index (κ2) is 8.94. The molecular formula is C14H25O. The molecule has 0 amide bonds. The predicted octanol–water partition coefficient (Wildman–Crippen LogP) is 4.41. The van der Waals surface area contributed by atoms with Crippen LogP contribution in [-0.4, -0.2) is 6.29 Å². The van der Waals surface area contributed by atoms with Crippen molar-refractivity contribution in [2.45, 2.75) is 77.0 Å². The monoisotopic (exact) mass is 209 g/mol. The van der Waals surface area contributed by atoms with Crippen molar-refractivity contribution >= 4 is 6.29 Å². The van der Waals surface area contributed by atoms with Crippen LogP contribution in [0.3, 0.4) is 0 Å². The lowest BCUT2D eigenvalue weighted by Gasteiger charge is -2.08. The van der Waals surface area contributed by atoms with Crippen molar-refractivity contribution in [3.63, 3.8) is 0 Å². The van der Waals surface area contributed by atoms with Gasteiger partial charge in [-0.2, -0.15) is 0 Å². The minimum atomic E-state index is 0.241. The van der Waals surface area contributed by atoms with E-state index >= 15 is 0 Å². The van der Waals surface area contributed by atoms with Crippen LogP contribution in [0.15, 0.2) is 0 Å². The molecule has 0 unspecified atom stereocenters. The van der Waals surface area contributed by atoms with Crippen LogP contribution < -0.4 is 0 Å². The normalized spacial score (nSPS) is 23.5. The first-order valence-corrected chi connectivity index (χ1v) is 6.81. The minimum absolute atomic E-state index is 0.241. The molecule has 1 radical (unpaired) electrons. The topological polar surface area (TPSA) is 17.1 Å². The molecule has 1 aliphatic carbocycles.